The van der Waals surface area contributed by atoms with Gasteiger partial charge in [0.1, 0.15) is 5.69 Å². The fourth-order valence-corrected chi connectivity index (χ4v) is 1.51. The van der Waals surface area contributed by atoms with Gasteiger partial charge in [0.2, 0.25) is 0 Å². The zero-order chi connectivity index (χ0) is 12.3. The van der Waals surface area contributed by atoms with E-state index in [4.69, 9.17) is 5.73 Å². The summed E-state index contributed by atoms with van der Waals surface area (Å²) >= 11 is 0. The summed E-state index contributed by atoms with van der Waals surface area (Å²) < 4.78 is 0. The average Bonchev–Trinajstić information content (AvgIpc) is 2.32. The largest absolute Gasteiger partial charge is 0.397 e. The number of para-hydroxylation sites is 1. The maximum absolute atomic E-state index is 5.80. The van der Waals surface area contributed by atoms with E-state index in [-0.39, 0.29) is 0 Å². The van der Waals surface area contributed by atoms with Gasteiger partial charge < -0.3 is 5.73 Å². The van der Waals surface area contributed by atoms with Gasteiger partial charge in [-0.3, -0.25) is 0 Å². The van der Waals surface area contributed by atoms with E-state index in [2.05, 4.69) is 16.3 Å². The number of azo groups is 1. The van der Waals surface area contributed by atoms with Gasteiger partial charge in [-0.25, -0.2) is 0 Å². The van der Waals surface area contributed by atoms with Crippen LogP contribution in [-0.2, 0) is 0 Å². The molecule has 0 atom stereocenters. The first kappa shape index (κ1) is 11.3. The van der Waals surface area contributed by atoms with Crippen LogP contribution < -0.4 is 5.73 Å². The normalized spacial score (nSPS) is 10.9. The van der Waals surface area contributed by atoms with Crippen molar-refractivity contribution in [2.75, 3.05) is 5.73 Å². The van der Waals surface area contributed by atoms with Gasteiger partial charge in [0.15, 0.2) is 0 Å². The molecule has 0 saturated carbocycles. The van der Waals surface area contributed by atoms with E-state index in [9.17, 15) is 0 Å². The molecule has 2 N–H and O–H groups in total. The lowest BCUT2D eigenvalue weighted by atomic mass is 10.1. The minimum absolute atomic E-state index is 0.640. The zero-order valence-corrected chi connectivity index (χ0v) is 10.0. The number of anilines is 1. The Bertz CT molecular complexity index is 559. The van der Waals surface area contributed by atoms with Crippen LogP contribution in [0.15, 0.2) is 52.7 Å². The summed E-state index contributed by atoms with van der Waals surface area (Å²) in [6, 6.07) is 13.6. The van der Waals surface area contributed by atoms with Crippen molar-refractivity contribution in [3.8, 4) is 0 Å². The standard InChI is InChI=1S/C14H15N3/c1-10-7-8-11(2)14(9-10)17-16-13-6-4-3-5-12(13)15/h3-9H,15H2,1-2H3. The molecule has 86 valence electrons. The number of benzene rings is 2. The number of nitrogens with zero attached hydrogens (tertiary/aromatic N) is 2. The fraction of sp³-hybridized carbons (Fsp3) is 0.143. The predicted octanol–water partition coefficient (Wildman–Crippen LogP) is 4.30. The summed E-state index contributed by atoms with van der Waals surface area (Å²) in [7, 11) is 0. The molecule has 3 nitrogen and oxygen atoms in total. The summed E-state index contributed by atoms with van der Waals surface area (Å²) in [6.45, 7) is 4.05. The molecule has 0 fully saturated rings. The van der Waals surface area contributed by atoms with Gasteiger partial charge in [-0.1, -0.05) is 24.3 Å². The molecule has 0 spiro atoms. The van der Waals surface area contributed by atoms with Crippen LogP contribution in [0.3, 0.4) is 0 Å². The van der Waals surface area contributed by atoms with E-state index in [1.165, 1.54) is 5.56 Å². The molecule has 0 aliphatic rings. The summed E-state index contributed by atoms with van der Waals surface area (Å²) in [5.41, 5.74) is 10.3. The first-order valence-electron chi connectivity index (χ1n) is 5.50. The molecule has 0 aromatic heterocycles. The summed E-state index contributed by atoms with van der Waals surface area (Å²) in [6.07, 6.45) is 0. The topological polar surface area (TPSA) is 50.7 Å². The number of hydrogen-bond donors (Lipinski definition) is 1. The molecule has 0 unspecified atom stereocenters. The number of rotatable bonds is 2. The van der Waals surface area contributed by atoms with Gasteiger partial charge in [0.05, 0.1) is 11.4 Å². The summed E-state index contributed by atoms with van der Waals surface area (Å²) in [5, 5.41) is 8.42. The monoisotopic (exact) mass is 225 g/mol. The van der Waals surface area contributed by atoms with E-state index >= 15 is 0 Å². The molecule has 0 saturated heterocycles. The van der Waals surface area contributed by atoms with Crippen LogP contribution in [0.25, 0.3) is 0 Å². The molecule has 0 amide bonds. The number of nitrogen functional groups attached to an aromatic ring is 1. The predicted molar refractivity (Wildman–Crippen MR) is 70.9 cm³/mol. The number of hydrogen-bond acceptors (Lipinski definition) is 3. The Labute approximate surface area is 101 Å². The maximum atomic E-state index is 5.80. The first-order valence-corrected chi connectivity index (χ1v) is 5.50. The molecule has 17 heavy (non-hydrogen) atoms. The molecule has 0 aliphatic carbocycles. The molecular weight excluding hydrogens is 210 g/mol. The van der Waals surface area contributed by atoms with Crippen LogP contribution in [0.4, 0.5) is 17.1 Å². The van der Waals surface area contributed by atoms with Crippen molar-refractivity contribution in [1.82, 2.24) is 0 Å². The minimum atomic E-state index is 0.640. The molecular formula is C14H15N3. The van der Waals surface area contributed by atoms with Gasteiger partial charge in [0, 0.05) is 0 Å². The summed E-state index contributed by atoms with van der Waals surface area (Å²) in [4.78, 5) is 0. The van der Waals surface area contributed by atoms with Gasteiger partial charge in [0.25, 0.3) is 0 Å². The van der Waals surface area contributed by atoms with E-state index in [1.54, 1.807) is 0 Å². The number of nitrogens with two attached hydrogens (primary N) is 1. The maximum Gasteiger partial charge on any atom is 0.109 e. The fourth-order valence-electron chi connectivity index (χ4n) is 1.51. The molecule has 3 heteroatoms. The second-order valence-electron chi connectivity index (χ2n) is 4.05. The zero-order valence-electron chi connectivity index (χ0n) is 10.0. The second kappa shape index (κ2) is 4.78. The lowest BCUT2D eigenvalue weighted by Crippen LogP contribution is -1.83. The molecule has 0 bridgehead atoms. The van der Waals surface area contributed by atoms with Crippen LogP contribution in [0.5, 0.6) is 0 Å². The van der Waals surface area contributed by atoms with Gasteiger partial charge in [-0.2, -0.15) is 5.11 Å². The van der Waals surface area contributed by atoms with Gasteiger partial charge >= 0.3 is 0 Å². The molecule has 0 aliphatic heterocycles. The van der Waals surface area contributed by atoms with Crippen molar-refractivity contribution in [3.05, 3.63) is 53.6 Å². The first-order chi connectivity index (χ1) is 8.16. The lowest BCUT2D eigenvalue weighted by molar-refractivity contribution is 1.20. The second-order valence-corrected chi connectivity index (χ2v) is 4.05. The van der Waals surface area contributed by atoms with Crippen LogP contribution in [0.1, 0.15) is 11.1 Å². The highest BCUT2D eigenvalue weighted by atomic mass is 15.1. The van der Waals surface area contributed by atoms with Crippen molar-refractivity contribution in [3.63, 3.8) is 0 Å². The molecule has 2 aromatic rings. The Morgan fingerprint density at radius 1 is 0.882 bits per heavy atom. The Morgan fingerprint density at radius 2 is 1.59 bits per heavy atom. The lowest BCUT2D eigenvalue weighted by Gasteiger charge is -2.01. The third-order valence-corrected chi connectivity index (χ3v) is 2.57. The van der Waals surface area contributed by atoms with Crippen molar-refractivity contribution >= 4 is 17.1 Å². The number of aryl methyl sites for hydroxylation is 2. The Kier molecular flexibility index (Phi) is 3.19. The highest BCUT2D eigenvalue weighted by Gasteiger charge is 1.98. The van der Waals surface area contributed by atoms with Crippen molar-refractivity contribution in [1.29, 1.82) is 0 Å². The van der Waals surface area contributed by atoms with Crippen LogP contribution in [-0.4, -0.2) is 0 Å². The van der Waals surface area contributed by atoms with Crippen LogP contribution in [0, 0.1) is 13.8 Å². The Balaban J connectivity index is 2.32. The van der Waals surface area contributed by atoms with Crippen molar-refractivity contribution < 1.29 is 0 Å². The molecule has 0 heterocycles. The SMILES string of the molecule is Cc1ccc(C)c(N=Nc2ccccc2N)c1. The average molecular weight is 225 g/mol. The van der Waals surface area contributed by atoms with Crippen molar-refractivity contribution in [2.24, 2.45) is 10.2 Å². The Morgan fingerprint density at radius 3 is 2.35 bits per heavy atom. The van der Waals surface area contributed by atoms with Gasteiger partial charge in [-0.15, -0.1) is 5.11 Å². The molecule has 2 aromatic carbocycles. The van der Waals surface area contributed by atoms with Crippen LogP contribution >= 0.6 is 0 Å². The van der Waals surface area contributed by atoms with E-state index in [1.807, 2.05) is 50.2 Å². The minimum Gasteiger partial charge on any atom is -0.397 e. The van der Waals surface area contributed by atoms with E-state index in [0.717, 1.165) is 11.3 Å². The Hall–Kier alpha value is -2.16. The summed E-state index contributed by atoms with van der Waals surface area (Å²) in [5.74, 6) is 0. The van der Waals surface area contributed by atoms with Crippen molar-refractivity contribution in [2.45, 2.75) is 13.8 Å². The highest BCUT2D eigenvalue weighted by Crippen LogP contribution is 2.26. The quantitative estimate of drug-likeness (QED) is 0.601. The van der Waals surface area contributed by atoms with E-state index in [0.29, 0.717) is 11.4 Å². The van der Waals surface area contributed by atoms with E-state index < -0.39 is 0 Å². The highest BCUT2D eigenvalue weighted by molar-refractivity contribution is 5.61. The third kappa shape index (κ3) is 2.69. The smallest absolute Gasteiger partial charge is 0.109 e. The molecule has 2 rings (SSSR count). The third-order valence-electron chi connectivity index (χ3n) is 2.57. The molecule has 0 radical (unpaired) electrons. The van der Waals surface area contributed by atoms with Gasteiger partial charge in [-0.05, 0) is 43.2 Å². The van der Waals surface area contributed by atoms with Crippen LogP contribution in [0.2, 0.25) is 0 Å².